The molecule has 19 heavy (non-hydrogen) atoms. The second-order valence-electron chi connectivity index (χ2n) is 5.44. The highest BCUT2D eigenvalue weighted by Crippen LogP contribution is 2.33. The molecule has 0 unspecified atom stereocenters. The van der Waals surface area contributed by atoms with Crippen LogP contribution in [0.1, 0.15) is 71.4 Å². The van der Waals surface area contributed by atoms with E-state index in [4.69, 9.17) is 0 Å². The molecule has 2 atom stereocenters. The molecular formula is C18H30N+. The van der Waals surface area contributed by atoms with Crippen LogP contribution in [0.4, 0.5) is 0 Å². The maximum atomic E-state index is 4.02. The zero-order chi connectivity index (χ0) is 14.3. The van der Waals surface area contributed by atoms with E-state index in [2.05, 4.69) is 49.5 Å². The van der Waals surface area contributed by atoms with Crippen LogP contribution in [0, 0.1) is 5.92 Å². The van der Waals surface area contributed by atoms with E-state index in [9.17, 15) is 0 Å². The maximum absolute atomic E-state index is 4.02. The molecule has 0 spiro atoms. The smallest absolute Gasteiger partial charge is 0.176 e. The van der Waals surface area contributed by atoms with Crippen LogP contribution in [0.5, 0.6) is 0 Å². The van der Waals surface area contributed by atoms with Gasteiger partial charge in [0.2, 0.25) is 0 Å². The Kier molecular flexibility index (Phi) is 6.83. The van der Waals surface area contributed by atoms with E-state index in [1.165, 1.54) is 37.7 Å². The van der Waals surface area contributed by atoms with Crippen molar-refractivity contribution in [1.29, 1.82) is 0 Å². The second-order valence-corrected chi connectivity index (χ2v) is 5.44. The van der Waals surface area contributed by atoms with E-state index < -0.39 is 0 Å². The fourth-order valence-corrected chi connectivity index (χ4v) is 2.96. The first-order chi connectivity index (χ1) is 9.20. The van der Waals surface area contributed by atoms with Crippen molar-refractivity contribution in [3.63, 3.8) is 0 Å². The van der Waals surface area contributed by atoms with E-state index in [1.807, 2.05) is 13.8 Å². The van der Waals surface area contributed by atoms with Gasteiger partial charge in [-0.2, -0.15) is 0 Å². The van der Waals surface area contributed by atoms with Gasteiger partial charge in [0, 0.05) is 24.5 Å². The molecule has 1 aliphatic rings. The first kappa shape index (κ1) is 15.9. The third kappa shape index (κ3) is 4.49. The second kappa shape index (κ2) is 8.14. The van der Waals surface area contributed by atoms with Gasteiger partial charge in [0.15, 0.2) is 18.4 Å². The zero-order valence-corrected chi connectivity index (χ0v) is 13.2. The summed E-state index contributed by atoms with van der Waals surface area (Å²) in [4.78, 5) is 0. The van der Waals surface area contributed by atoms with Crippen LogP contribution in [0.2, 0.25) is 0 Å². The van der Waals surface area contributed by atoms with Crippen LogP contribution in [0.3, 0.4) is 0 Å². The third-order valence-corrected chi connectivity index (χ3v) is 3.95. The number of allylic oxidation sites excluding steroid dienone is 1. The van der Waals surface area contributed by atoms with E-state index in [0.29, 0.717) is 6.04 Å². The van der Waals surface area contributed by atoms with Crippen molar-refractivity contribution in [3.8, 4) is 0 Å². The molecule has 0 N–H and O–H groups in total. The Morgan fingerprint density at radius 1 is 1.37 bits per heavy atom. The van der Waals surface area contributed by atoms with Crippen LogP contribution < -0.4 is 4.57 Å². The van der Waals surface area contributed by atoms with Crippen LogP contribution in [0.25, 0.3) is 5.57 Å². The molecule has 1 saturated carbocycles. The van der Waals surface area contributed by atoms with Gasteiger partial charge in [0.1, 0.15) is 0 Å². The molecule has 1 fully saturated rings. The Morgan fingerprint density at radius 2 is 2.11 bits per heavy atom. The normalized spacial score (nSPS) is 21.7. The lowest BCUT2D eigenvalue weighted by atomic mass is 10.0. The summed E-state index contributed by atoms with van der Waals surface area (Å²) in [7, 11) is 0. The minimum absolute atomic E-state index is 0.714. The summed E-state index contributed by atoms with van der Waals surface area (Å²) < 4.78 is 2.40. The lowest BCUT2D eigenvalue weighted by Crippen LogP contribution is -2.37. The van der Waals surface area contributed by atoms with Crippen LogP contribution in [0.15, 0.2) is 31.1 Å². The standard InChI is InChI=1S/C16H24N.C2H6/c1-4-6-14-8-9-16(11-14)17-10-5-7-15(12-17)13(2)3;1-2/h5,7,10,12,14,16H,2,4,6,8-9,11H2,1,3H3;1-2H3/q+1;/t14-,16+;/m1./s1. The molecule has 1 aliphatic carbocycles. The Balaban J connectivity index is 0.000000861. The molecule has 0 radical (unpaired) electrons. The van der Waals surface area contributed by atoms with Gasteiger partial charge >= 0.3 is 0 Å². The first-order valence-corrected chi connectivity index (χ1v) is 7.87. The molecular weight excluding hydrogens is 230 g/mol. The van der Waals surface area contributed by atoms with Crippen molar-refractivity contribution in [3.05, 3.63) is 36.7 Å². The predicted octanol–water partition coefficient (Wildman–Crippen LogP) is 5.17. The highest BCUT2D eigenvalue weighted by atomic mass is 15.0. The van der Waals surface area contributed by atoms with Gasteiger partial charge in [0.05, 0.1) is 0 Å². The highest BCUT2D eigenvalue weighted by molar-refractivity contribution is 5.59. The largest absolute Gasteiger partial charge is 0.202 e. The van der Waals surface area contributed by atoms with Gasteiger partial charge in [-0.3, -0.25) is 0 Å². The summed E-state index contributed by atoms with van der Waals surface area (Å²) >= 11 is 0. The monoisotopic (exact) mass is 260 g/mol. The number of hydrogen-bond donors (Lipinski definition) is 0. The van der Waals surface area contributed by atoms with E-state index in [0.717, 1.165) is 11.5 Å². The molecule has 0 aliphatic heterocycles. The van der Waals surface area contributed by atoms with Crippen molar-refractivity contribution in [2.75, 3.05) is 0 Å². The molecule has 0 bridgehead atoms. The summed E-state index contributed by atoms with van der Waals surface area (Å²) in [5.41, 5.74) is 2.42. The lowest BCUT2D eigenvalue weighted by molar-refractivity contribution is -0.722. The molecule has 0 aromatic carbocycles. The molecule has 106 valence electrons. The Hall–Kier alpha value is -1.11. The average Bonchev–Trinajstić information content (AvgIpc) is 2.90. The maximum Gasteiger partial charge on any atom is 0.176 e. The summed E-state index contributed by atoms with van der Waals surface area (Å²) in [5.74, 6) is 0.950. The average molecular weight is 260 g/mol. The Labute approximate surface area is 119 Å². The molecule has 1 heterocycles. The molecule has 1 aromatic heterocycles. The molecule has 2 rings (SSSR count). The fourth-order valence-electron chi connectivity index (χ4n) is 2.96. The van der Waals surface area contributed by atoms with Crippen molar-refractivity contribution in [1.82, 2.24) is 0 Å². The van der Waals surface area contributed by atoms with E-state index in [1.54, 1.807) is 0 Å². The molecule has 1 aromatic rings. The van der Waals surface area contributed by atoms with Crippen molar-refractivity contribution >= 4 is 5.57 Å². The SMILES string of the molecule is C=C(C)c1ccc[n+]([C@H]2CC[C@@H](CCC)C2)c1.CC. The Morgan fingerprint density at radius 3 is 2.74 bits per heavy atom. The van der Waals surface area contributed by atoms with Gasteiger partial charge in [-0.25, -0.2) is 4.57 Å². The Bertz CT molecular complexity index is 394. The first-order valence-electron chi connectivity index (χ1n) is 7.87. The summed E-state index contributed by atoms with van der Waals surface area (Å²) in [6.07, 6.45) is 11.3. The predicted molar refractivity (Wildman–Crippen MR) is 84.0 cm³/mol. The fraction of sp³-hybridized carbons (Fsp3) is 0.611. The quantitative estimate of drug-likeness (QED) is 0.657. The van der Waals surface area contributed by atoms with Crippen molar-refractivity contribution in [2.45, 2.75) is 65.8 Å². The minimum Gasteiger partial charge on any atom is -0.202 e. The topological polar surface area (TPSA) is 3.88 Å². The van der Waals surface area contributed by atoms with Gasteiger partial charge in [0.25, 0.3) is 0 Å². The summed E-state index contributed by atoms with van der Waals surface area (Å²) in [6.45, 7) is 12.4. The molecule has 1 heteroatoms. The number of nitrogens with zero attached hydrogens (tertiary/aromatic N) is 1. The van der Waals surface area contributed by atoms with Crippen LogP contribution in [-0.4, -0.2) is 0 Å². The van der Waals surface area contributed by atoms with Gasteiger partial charge in [-0.15, -0.1) is 0 Å². The highest BCUT2D eigenvalue weighted by Gasteiger charge is 2.30. The number of pyridine rings is 1. The van der Waals surface area contributed by atoms with Gasteiger partial charge in [-0.1, -0.05) is 40.2 Å². The lowest BCUT2D eigenvalue weighted by Gasteiger charge is -2.08. The van der Waals surface area contributed by atoms with Crippen LogP contribution >= 0.6 is 0 Å². The number of aromatic nitrogens is 1. The van der Waals surface area contributed by atoms with Crippen molar-refractivity contribution < 1.29 is 4.57 Å². The van der Waals surface area contributed by atoms with Crippen LogP contribution in [-0.2, 0) is 0 Å². The van der Waals surface area contributed by atoms with Crippen molar-refractivity contribution in [2.24, 2.45) is 5.92 Å². The molecule has 0 amide bonds. The minimum atomic E-state index is 0.714. The number of hydrogen-bond acceptors (Lipinski definition) is 0. The van der Waals surface area contributed by atoms with Gasteiger partial charge in [-0.05, 0) is 30.9 Å². The third-order valence-electron chi connectivity index (χ3n) is 3.95. The molecule has 0 saturated heterocycles. The van der Waals surface area contributed by atoms with Gasteiger partial charge < -0.3 is 0 Å². The summed E-state index contributed by atoms with van der Waals surface area (Å²) in [6, 6.07) is 5.01. The molecule has 1 nitrogen and oxygen atoms in total. The van der Waals surface area contributed by atoms with E-state index in [-0.39, 0.29) is 0 Å². The zero-order valence-electron chi connectivity index (χ0n) is 13.2. The van der Waals surface area contributed by atoms with E-state index >= 15 is 0 Å². The summed E-state index contributed by atoms with van der Waals surface area (Å²) in [5, 5.41) is 0. The number of rotatable bonds is 4.